The molecule has 1 aromatic rings. The van der Waals surface area contributed by atoms with Gasteiger partial charge in [-0.1, -0.05) is 6.92 Å². The highest BCUT2D eigenvalue weighted by molar-refractivity contribution is 7.92. The number of hydrogen-bond acceptors (Lipinski definition) is 5. The zero-order valence-corrected chi connectivity index (χ0v) is 15.0. The van der Waals surface area contributed by atoms with Crippen LogP contribution in [0.1, 0.15) is 32.3 Å². The Labute approximate surface area is 137 Å². The highest BCUT2D eigenvalue weighted by Gasteiger charge is 2.42. The third kappa shape index (κ3) is 5.00. The van der Waals surface area contributed by atoms with Gasteiger partial charge in [0, 0.05) is 31.7 Å². The lowest BCUT2D eigenvalue weighted by molar-refractivity contribution is -0.126. The van der Waals surface area contributed by atoms with Crippen molar-refractivity contribution in [3.8, 4) is 0 Å². The van der Waals surface area contributed by atoms with E-state index >= 15 is 0 Å². The van der Waals surface area contributed by atoms with Crippen LogP contribution in [-0.4, -0.2) is 43.0 Å². The summed E-state index contributed by atoms with van der Waals surface area (Å²) < 4.78 is 29.3. The van der Waals surface area contributed by atoms with Crippen LogP contribution in [0, 0.1) is 6.92 Å². The number of ketones is 1. The van der Waals surface area contributed by atoms with Gasteiger partial charge in [-0.2, -0.15) is 0 Å². The minimum absolute atomic E-state index is 0.0309. The zero-order chi connectivity index (χ0) is 17.7. The van der Waals surface area contributed by atoms with E-state index in [4.69, 9.17) is 4.74 Å². The molecule has 0 spiro atoms. The second kappa shape index (κ2) is 7.88. The van der Waals surface area contributed by atoms with Gasteiger partial charge in [0.25, 0.3) is 5.56 Å². The van der Waals surface area contributed by atoms with Gasteiger partial charge in [-0.15, -0.1) is 0 Å². The fourth-order valence-corrected chi connectivity index (χ4v) is 3.05. The molecule has 0 N–H and O–H groups in total. The van der Waals surface area contributed by atoms with Gasteiger partial charge in [-0.25, -0.2) is 8.42 Å². The second-order valence-electron chi connectivity index (χ2n) is 5.96. The van der Waals surface area contributed by atoms with E-state index in [1.807, 2.05) is 6.92 Å². The van der Waals surface area contributed by atoms with E-state index in [-0.39, 0.29) is 25.1 Å². The van der Waals surface area contributed by atoms with E-state index in [0.29, 0.717) is 6.61 Å². The summed E-state index contributed by atoms with van der Waals surface area (Å²) in [4.78, 5) is 24.2. The Bertz CT molecular complexity index is 707. The summed E-state index contributed by atoms with van der Waals surface area (Å²) >= 11 is 0. The molecule has 0 aromatic carbocycles. The Morgan fingerprint density at radius 3 is 2.57 bits per heavy atom. The molecule has 0 aliphatic carbocycles. The van der Waals surface area contributed by atoms with Gasteiger partial charge < -0.3 is 9.30 Å². The van der Waals surface area contributed by atoms with Gasteiger partial charge in [0.2, 0.25) is 0 Å². The topological polar surface area (TPSA) is 82.4 Å². The molecule has 0 bridgehead atoms. The van der Waals surface area contributed by atoms with Gasteiger partial charge in [-0.3, -0.25) is 9.59 Å². The number of hydrogen-bond donors (Lipinski definition) is 0. The maximum absolute atomic E-state index is 12.4. The molecule has 0 amide bonds. The first-order valence-corrected chi connectivity index (χ1v) is 9.48. The molecular weight excluding hydrogens is 318 g/mol. The molecule has 6 nitrogen and oxygen atoms in total. The predicted molar refractivity (Wildman–Crippen MR) is 89.4 cm³/mol. The van der Waals surface area contributed by atoms with Crippen molar-refractivity contribution in [2.75, 3.05) is 19.5 Å². The van der Waals surface area contributed by atoms with Crippen LogP contribution in [0.2, 0.25) is 0 Å². The number of Topliss-reactive ketones (excluding diaryl/α,β-unsaturated/α-hetero) is 1. The quantitative estimate of drug-likeness (QED) is 0.632. The molecule has 1 atom stereocenters. The van der Waals surface area contributed by atoms with Crippen molar-refractivity contribution < 1.29 is 17.9 Å². The Morgan fingerprint density at radius 2 is 2.04 bits per heavy atom. The minimum atomic E-state index is -3.64. The van der Waals surface area contributed by atoms with Gasteiger partial charge in [0.15, 0.2) is 15.6 Å². The molecule has 23 heavy (non-hydrogen) atoms. The number of ether oxygens (including phenoxy) is 1. The van der Waals surface area contributed by atoms with Crippen LogP contribution in [0.25, 0.3) is 0 Å². The van der Waals surface area contributed by atoms with Gasteiger partial charge in [-0.05, 0) is 38.3 Å². The van der Waals surface area contributed by atoms with Gasteiger partial charge in [0.1, 0.15) is 11.4 Å². The second-order valence-corrected chi connectivity index (χ2v) is 8.41. The third-order valence-corrected chi connectivity index (χ3v) is 6.04. The number of rotatable bonds is 9. The molecule has 0 aliphatic heterocycles. The van der Waals surface area contributed by atoms with Gasteiger partial charge >= 0.3 is 0 Å². The van der Waals surface area contributed by atoms with E-state index < -0.39 is 20.4 Å². The smallest absolute Gasteiger partial charge is 0.250 e. The SMILES string of the molecule is CCCOCC(=O)[C@@](C)(CCn1ccc(C)cc1=O)S(C)(=O)=O. The van der Waals surface area contributed by atoms with Crippen LogP contribution in [0.5, 0.6) is 0 Å². The number of aromatic nitrogens is 1. The fraction of sp³-hybridized carbons (Fsp3) is 0.625. The lowest BCUT2D eigenvalue weighted by Crippen LogP contribution is -2.46. The van der Waals surface area contributed by atoms with Crippen LogP contribution >= 0.6 is 0 Å². The molecule has 7 heteroatoms. The number of aryl methyl sites for hydroxylation is 2. The maximum atomic E-state index is 12.4. The van der Waals surface area contributed by atoms with Crippen LogP contribution in [0.4, 0.5) is 0 Å². The number of carbonyl (C=O) groups is 1. The van der Waals surface area contributed by atoms with E-state index in [9.17, 15) is 18.0 Å². The molecule has 0 saturated heterocycles. The molecule has 0 aliphatic rings. The number of pyridine rings is 1. The lowest BCUT2D eigenvalue weighted by Gasteiger charge is -2.26. The van der Waals surface area contributed by atoms with Crippen molar-refractivity contribution in [2.24, 2.45) is 0 Å². The molecule has 0 unspecified atom stereocenters. The number of nitrogens with zero attached hydrogens (tertiary/aromatic N) is 1. The maximum Gasteiger partial charge on any atom is 0.250 e. The number of sulfone groups is 1. The molecule has 0 fully saturated rings. The first-order chi connectivity index (χ1) is 10.6. The molecule has 130 valence electrons. The Hall–Kier alpha value is -1.47. The van der Waals surface area contributed by atoms with Crippen molar-refractivity contribution in [1.29, 1.82) is 0 Å². The summed E-state index contributed by atoms with van der Waals surface area (Å²) in [6.07, 6.45) is 3.44. The number of carbonyl (C=O) groups excluding carboxylic acids is 1. The van der Waals surface area contributed by atoms with Crippen molar-refractivity contribution >= 4 is 15.6 Å². The minimum Gasteiger partial charge on any atom is -0.374 e. The summed E-state index contributed by atoms with van der Waals surface area (Å²) in [6.45, 7) is 5.44. The van der Waals surface area contributed by atoms with E-state index in [1.54, 1.807) is 19.2 Å². The lowest BCUT2D eigenvalue weighted by atomic mass is 10.0. The summed E-state index contributed by atoms with van der Waals surface area (Å²) in [7, 11) is -3.64. The van der Waals surface area contributed by atoms with Crippen LogP contribution in [-0.2, 0) is 25.9 Å². The fourth-order valence-electron chi connectivity index (χ4n) is 2.12. The standard InChI is InChI=1S/C16H25NO5S/c1-5-10-22-12-14(18)16(3,23(4,20)21)7-9-17-8-6-13(2)11-15(17)19/h6,8,11H,5,7,9-10,12H2,1-4H3/t16-/m1/s1. The first kappa shape index (κ1) is 19.6. The van der Waals surface area contributed by atoms with Gasteiger partial charge in [0.05, 0.1) is 0 Å². The van der Waals surface area contributed by atoms with Crippen LogP contribution < -0.4 is 5.56 Å². The summed E-state index contributed by atoms with van der Waals surface area (Å²) in [5.74, 6) is -0.478. The van der Waals surface area contributed by atoms with Crippen LogP contribution in [0.15, 0.2) is 23.1 Å². The van der Waals surface area contributed by atoms with Crippen molar-refractivity contribution in [1.82, 2.24) is 4.57 Å². The molecule has 1 aromatic heterocycles. The zero-order valence-electron chi connectivity index (χ0n) is 14.2. The van der Waals surface area contributed by atoms with Crippen LogP contribution in [0.3, 0.4) is 0 Å². The summed E-state index contributed by atoms with van der Waals surface area (Å²) in [5, 5.41) is 0. The highest BCUT2D eigenvalue weighted by atomic mass is 32.2. The van der Waals surface area contributed by atoms with Crippen molar-refractivity contribution in [3.63, 3.8) is 0 Å². The normalized spacial score (nSPS) is 14.4. The Kier molecular flexibility index (Phi) is 6.70. The van der Waals surface area contributed by atoms with Crippen molar-refractivity contribution in [3.05, 3.63) is 34.2 Å². The molecule has 1 heterocycles. The molecular formula is C16H25NO5S. The Morgan fingerprint density at radius 1 is 1.39 bits per heavy atom. The molecule has 0 radical (unpaired) electrons. The van der Waals surface area contributed by atoms with E-state index in [1.165, 1.54) is 17.6 Å². The highest BCUT2D eigenvalue weighted by Crippen LogP contribution is 2.23. The average molecular weight is 343 g/mol. The first-order valence-electron chi connectivity index (χ1n) is 7.59. The largest absolute Gasteiger partial charge is 0.374 e. The molecule has 1 rings (SSSR count). The van der Waals surface area contributed by atoms with E-state index in [0.717, 1.165) is 18.2 Å². The third-order valence-electron chi connectivity index (χ3n) is 3.97. The van der Waals surface area contributed by atoms with Crippen molar-refractivity contribution in [2.45, 2.75) is 44.9 Å². The molecule has 0 saturated carbocycles. The monoisotopic (exact) mass is 343 g/mol. The Balaban J connectivity index is 2.95. The summed E-state index contributed by atoms with van der Waals surface area (Å²) in [6, 6.07) is 3.25. The average Bonchev–Trinajstić information content (AvgIpc) is 2.44. The predicted octanol–water partition coefficient (Wildman–Crippen LogP) is 1.35. The van der Waals surface area contributed by atoms with E-state index in [2.05, 4.69) is 0 Å². The summed E-state index contributed by atoms with van der Waals surface area (Å²) in [5.41, 5.74) is 0.622.